The average molecular weight is 413 g/mol. The highest BCUT2D eigenvalue weighted by Crippen LogP contribution is 2.30. The first-order valence-electron chi connectivity index (χ1n) is 9.65. The van der Waals surface area contributed by atoms with Gasteiger partial charge in [0.05, 0.1) is 18.9 Å². The molecule has 3 aromatic rings. The maximum absolute atomic E-state index is 13.0. The summed E-state index contributed by atoms with van der Waals surface area (Å²) in [5.41, 5.74) is 2.32. The molecule has 4 rings (SSSR count). The van der Waals surface area contributed by atoms with Crippen molar-refractivity contribution in [1.82, 2.24) is 30.4 Å². The van der Waals surface area contributed by atoms with E-state index in [2.05, 4.69) is 44.8 Å². The maximum atomic E-state index is 13.0. The molecule has 29 heavy (non-hydrogen) atoms. The molecule has 3 heterocycles. The second-order valence-corrected chi connectivity index (χ2v) is 8.51. The number of aryl methyl sites for hydroxylation is 1. The molecule has 1 atom stereocenters. The first-order valence-corrected chi connectivity index (χ1v) is 10.5. The first kappa shape index (κ1) is 19.7. The van der Waals surface area contributed by atoms with Gasteiger partial charge in [-0.2, -0.15) is 0 Å². The molecular formula is C20H24N6O2S. The summed E-state index contributed by atoms with van der Waals surface area (Å²) in [5, 5.41) is 14.5. The largest absolute Gasteiger partial charge is 0.379 e. The summed E-state index contributed by atoms with van der Waals surface area (Å²) >= 11 is 1.69. The zero-order valence-electron chi connectivity index (χ0n) is 16.5. The number of tetrazole rings is 1. The second kappa shape index (κ2) is 8.81. The Hall–Kier alpha value is -2.62. The van der Waals surface area contributed by atoms with Crippen LogP contribution in [0, 0.1) is 6.92 Å². The number of hydrogen-bond donors (Lipinski definition) is 1. The molecular weight excluding hydrogens is 388 g/mol. The van der Waals surface area contributed by atoms with Gasteiger partial charge in [-0.3, -0.25) is 9.69 Å². The Morgan fingerprint density at radius 2 is 2.10 bits per heavy atom. The number of morpholine rings is 1. The van der Waals surface area contributed by atoms with Crippen LogP contribution in [0.4, 0.5) is 0 Å². The zero-order chi connectivity index (χ0) is 20.2. The minimum atomic E-state index is -0.102. The Morgan fingerprint density at radius 1 is 1.28 bits per heavy atom. The fourth-order valence-corrected chi connectivity index (χ4v) is 4.26. The van der Waals surface area contributed by atoms with Gasteiger partial charge in [0.2, 0.25) is 0 Å². The first-order chi connectivity index (χ1) is 14.1. The Balaban J connectivity index is 1.56. The Morgan fingerprint density at radius 3 is 2.79 bits per heavy atom. The molecule has 0 radical (unpaired) electrons. The number of ether oxygens (including phenoxy) is 1. The van der Waals surface area contributed by atoms with Crippen LogP contribution in [-0.4, -0.2) is 69.9 Å². The van der Waals surface area contributed by atoms with E-state index in [1.807, 2.05) is 25.1 Å². The molecule has 1 aliphatic rings. The maximum Gasteiger partial charge on any atom is 0.251 e. The molecule has 0 spiro atoms. The second-order valence-electron chi connectivity index (χ2n) is 7.22. The van der Waals surface area contributed by atoms with Crippen molar-refractivity contribution >= 4 is 17.2 Å². The SMILES string of the molecule is Cc1ccc(-c2cc(C(=O)NC(C)CN3CCOCC3)cc(-n3cnnn3)c2)s1. The molecule has 152 valence electrons. The van der Waals surface area contributed by atoms with Gasteiger partial charge < -0.3 is 10.1 Å². The highest BCUT2D eigenvalue weighted by Gasteiger charge is 2.17. The van der Waals surface area contributed by atoms with Crippen LogP contribution < -0.4 is 5.32 Å². The van der Waals surface area contributed by atoms with E-state index in [1.165, 1.54) is 11.2 Å². The normalized spacial score (nSPS) is 15.9. The summed E-state index contributed by atoms with van der Waals surface area (Å²) in [7, 11) is 0. The van der Waals surface area contributed by atoms with Gasteiger partial charge in [0.1, 0.15) is 6.33 Å². The highest BCUT2D eigenvalue weighted by atomic mass is 32.1. The number of amides is 1. The van der Waals surface area contributed by atoms with Gasteiger partial charge in [0.15, 0.2) is 0 Å². The minimum absolute atomic E-state index is 0.0322. The fraction of sp³-hybridized carbons (Fsp3) is 0.400. The predicted molar refractivity (Wildman–Crippen MR) is 111 cm³/mol. The summed E-state index contributed by atoms with van der Waals surface area (Å²) in [6.07, 6.45) is 1.53. The van der Waals surface area contributed by atoms with Crippen molar-refractivity contribution in [3.05, 3.63) is 47.1 Å². The van der Waals surface area contributed by atoms with Gasteiger partial charge in [-0.05, 0) is 60.2 Å². The zero-order valence-corrected chi connectivity index (χ0v) is 17.4. The van der Waals surface area contributed by atoms with Crippen LogP contribution in [0.3, 0.4) is 0 Å². The van der Waals surface area contributed by atoms with E-state index in [0.717, 1.165) is 49.0 Å². The van der Waals surface area contributed by atoms with Crippen LogP contribution in [0.1, 0.15) is 22.2 Å². The van der Waals surface area contributed by atoms with Gasteiger partial charge in [-0.25, -0.2) is 4.68 Å². The molecule has 8 nitrogen and oxygen atoms in total. The van der Waals surface area contributed by atoms with E-state index >= 15 is 0 Å². The summed E-state index contributed by atoms with van der Waals surface area (Å²) in [6, 6.07) is 9.92. The number of rotatable bonds is 6. The van der Waals surface area contributed by atoms with E-state index in [1.54, 1.807) is 16.0 Å². The number of aromatic nitrogens is 4. The Bertz CT molecular complexity index is 965. The summed E-state index contributed by atoms with van der Waals surface area (Å²) in [5.74, 6) is -0.102. The van der Waals surface area contributed by atoms with E-state index in [9.17, 15) is 4.79 Å². The third-order valence-electron chi connectivity index (χ3n) is 4.83. The van der Waals surface area contributed by atoms with Crippen LogP contribution in [-0.2, 0) is 4.74 Å². The monoisotopic (exact) mass is 412 g/mol. The third-order valence-corrected chi connectivity index (χ3v) is 5.88. The minimum Gasteiger partial charge on any atom is -0.379 e. The van der Waals surface area contributed by atoms with Crippen molar-refractivity contribution in [2.24, 2.45) is 0 Å². The molecule has 1 unspecified atom stereocenters. The number of carbonyl (C=O) groups is 1. The lowest BCUT2D eigenvalue weighted by molar-refractivity contribution is 0.0342. The van der Waals surface area contributed by atoms with Crippen molar-refractivity contribution in [3.8, 4) is 16.1 Å². The third kappa shape index (κ3) is 4.87. The number of carbonyl (C=O) groups excluding carboxylic acids is 1. The number of hydrogen-bond acceptors (Lipinski definition) is 7. The fourth-order valence-electron chi connectivity index (χ4n) is 3.41. The van der Waals surface area contributed by atoms with Crippen LogP contribution in [0.2, 0.25) is 0 Å². The van der Waals surface area contributed by atoms with Gasteiger partial charge in [-0.15, -0.1) is 16.4 Å². The van der Waals surface area contributed by atoms with Gasteiger partial charge in [0, 0.05) is 41.0 Å². The molecule has 1 amide bonds. The van der Waals surface area contributed by atoms with E-state index in [0.29, 0.717) is 5.56 Å². The van der Waals surface area contributed by atoms with Gasteiger partial charge in [-0.1, -0.05) is 0 Å². The van der Waals surface area contributed by atoms with Crippen LogP contribution in [0.25, 0.3) is 16.1 Å². The van der Waals surface area contributed by atoms with E-state index < -0.39 is 0 Å². The lowest BCUT2D eigenvalue weighted by atomic mass is 10.1. The Labute approximate surface area is 173 Å². The van der Waals surface area contributed by atoms with Crippen molar-refractivity contribution in [2.75, 3.05) is 32.8 Å². The van der Waals surface area contributed by atoms with Crippen LogP contribution >= 0.6 is 11.3 Å². The predicted octanol–water partition coefficient (Wildman–Crippen LogP) is 2.15. The lowest BCUT2D eigenvalue weighted by Crippen LogP contribution is -2.46. The van der Waals surface area contributed by atoms with Crippen LogP contribution in [0.15, 0.2) is 36.7 Å². The molecule has 1 aromatic carbocycles. The van der Waals surface area contributed by atoms with Crippen LogP contribution in [0.5, 0.6) is 0 Å². The van der Waals surface area contributed by atoms with E-state index in [-0.39, 0.29) is 11.9 Å². The number of nitrogens with zero attached hydrogens (tertiary/aromatic N) is 5. The topological polar surface area (TPSA) is 85.2 Å². The molecule has 1 N–H and O–H groups in total. The van der Waals surface area contributed by atoms with Crippen molar-refractivity contribution in [3.63, 3.8) is 0 Å². The highest BCUT2D eigenvalue weighted by molar-refractivity contribution is 7.15. The molecule has 0 bridgehead atoms. The Kier molecular flexibility index (Phi) is 5.98. The standard InChI is InChI=1S/C20H24N6O2S/c1-14(12-25-5-7-28-8-6-25)22-20(27)17-9-16(19-4-3-15(2)29-19)10-18(11-17)26-13-21-23-24-26/h3-4,9-11,13-14H,5-8,12H2,1-2H3,(H,22,27). The molecule has 2 aromatic heterocycles. The molecule has 0 saturated carbocycles. The van der Waals surface area contributed by atoms with Gasteiger partial charge >= 0.3 is 0 Å². The molecule has 9 heteroatoms. The summed E-state index contributed by atoms with van der Waals surface area (Å²) in [6.45, 7) is 8.20. The molecule has 1 aliphatic heterocycles. The average Bonchev–Trinajstić information content (AvgIpc) is 3.40. The quantitative estimate of drug-likeness (QED) is 0.668. The van der Waals surface area contributed by atoms with E-state index in [4.69, 9.17) is 4.74 Å². The van der Waals surface area contributed by atoms with Crippen molar-refractivity contribution in [1.29, 1.82) is 0 Å². The number of nitrogens with one attached hydrogen (secondary N) is 1. The molecule has 1 fully saturated rings. The molecule has 1 saturated heterocycles. The van der Waals surface area contributed by atoms with Crippen molar-refractivity contribution in [2.45, 2.75) is 19.9 Å². The van der Waals surface area contributed by atoms with Gasteiger partial charge in [0.25, 0.3) is 5.91 Å². The van der Waals surface area contributed by atoms with Crippen molar-refractivity contribution < 1.29 is 9.53 Å². The number of benzene rings is 1. The summed E-state index contributed by atoms with van der Waals surface area (Å²) < 4.78 is 6.96. The molecule has 0 aliphatic carbocycles. The smallest absolute Gasteiger partial charge is 0.251 e. The number of thiophene rings is 1. The lowest BCUT2D eigenvalue weighted by Gasteiger charge is -2.29. The summed E-state index contributed by atoms with van der Waals surface area (Å²) in [4.78, 5) is 17.6.